The van der Waals surface area contributed by atoms with E-state index >= 15 is 0 Å². The number of hydrogen-bond donors (Lipinski definition) is 11. The molecule has 0 aromatic carbocycles. The van der Waals surface area contributed by atoms with Crippen LogP contribution in [0.5, 0.6) is 0 Å². The van der Waals surface area contributed by atoms with Gasteiger partial charge in [0.25, 0.3) is 5.79 Å². The van der Waals surface area contributed by atoms with E-state index in [0.29, 0.717) is 0 Å². The number of carbonyl (C=O) groups excluding carboxylic acids is 1. The van der Waals surface area contributed by atoms with Crippen molar-refractivity contribution in [3.63, 3.8) is 0 Å². The van der Waals surface area contributed by atoms with Crippen molar-refractivity contribution in [3.05, 3.63) is 0 Å². The molecular weight excluding hydrogens is 458 g/mol. The van der Waals surface area contributed by atoms with Crippen LogP contribution in [-0.4, -0.2) is 150 Å². The molecule has 2 aliphatic rings. The van der Waals surface area contributed by atoms with Gasteiger partial charge < -0.3 is 70.6 Å². The van der Waals surface area contributed by atoms with Crippen molar-refractivity contribution in [2.45, 2.75) is 73.4 Å². The summed E-state index contributed by atoms with van der Waals surface area (Å²) in [7, 11) is 0. The lowest BCUT2D eigenvalue weighted by Gasteiger charge is -2.47. The Balaban J connectivity index is 2.28. The molecule has 1 amide bonds. The van der Waals surface area contributed by atoms with Gasteiger partial charge in [-0.05, 0) is 0 Å². The van der Waals surface area contributed by atoms with Crippen LogP contribution in [0.15, 0.2) is 0 Å². The van der Waals surface area contributed by atoms with Crippen LogP contribution in [0, 0.1) is 0 Å². The summed E-state index contributed by atoms with van der Waals surface area (Å²) in [4.78, 5) is 23.6. The molecule has 11 N–H and O–H groups in total. The molecule has 0 aromatic rings. The molecule has 2 heterocycles. The number of ether oxygens (including phenoxy) is 3. The fraction of sp³-hybridized carbons (Fsp3) is 0.882. The number of carboxylic acid groups (broad SMARTS) is 1. The van der Waals surface area contributed by atoms with Crippen molar-refractivity contribution >= 4 is 11.9 Å². The summed E-state index contributed by atoms with van der Waals surface area (Å²) >= 11 is 0. The van der Waals surface area contributed by atoms with Crippen LogP contribution in [0.2, 0.25) is 0 Å². The van der Waals surface area contributed by atoms with E-state index in [9.17, 15) is 50.4 Å². The summed E-state index contributed by atoms with van der Waals surface area (Å²) in [6.07, 6.45) is -17.5. The molecule has 16 heteroatoms. The van der Waals surface area contributed by atoms with Gasteiger partial charge >= 0.3 is 5.97 Å². The Kier molecular flexibility index (Phi) is 9.45. The van der Waals surface area contributed by atoms with Gasteiger partial charge in [-0.25, -0.2) is 4.79 Å². The average Bonchev–Trinajstić information content (AvgIpc) is 2.79. The van der Waals surface area contributed by atoms with Crippen molar-refractivity contribution in [2.75, 3.05) is 19.8 Å². The largest absolute Gasteiger partial charge is 0.477 e. The Morgan fingerprint density at radius 2 is 1.70 bits per heavy atom. The summed E-state index contributed by atoms with van der Waals surface area (Å²) in [5.41, 5.74) is 0. The summed E-state index contributed by atoms with van der Waals surface area (Å²) in [6.45, 7) is -2.89. The summed E-state index contributed by atoms with van der Waals surface area (Å²) in [5, 5.41) is 99.4. The van der Waals surface area contributed by atoms with Crippen molar-refractivity contribution in [1.82, 2.24) is 5.32 Å². The van der Waals surface area contributed by atoms with E-state index in [0.717, 1.165) is 0 Å². The van der Waals surface area contributed by atoms with Crippen LogP contribution < -0.4 is 5.32 Å². The third-order valence-electron chi connectivity index (χ3n) is 5.46. The van der Waals surface area contributed by atoms with E-state index in [1.165, 1.54) is 0 Å². The van der Waals surface area contributed by atoms with Gasteiger partial charge in [0.05, 0.1) is 25.4 Å². The summed E-state index contributed by atoms with van der Waals surface area (Å²) in [5.74, 6) is -5.62. The highest BCUT2D eigenvalue weighted by atomic mass is 16.7. The molecule has 2 aliphatic heterocycles. The minimum Gasteiger partial charge on any atom is -0.477 e. The predicted molar refractivity (Wildman–Crippen MR) is 98.8 cm³/mol. The highest BCUT2D eigenvalue weighted by molar-refractivity contribution is 5.78. The molecule has 0 spiro atoms. The number of aliphatic hydroxyl groups is 9. The molecule has 33 heavy (non-hydrogen) atoms. The van der Waals surface area contributed by atoms with Crippen LogP contribution in [0.3, 0.4) is 0 Å². The zero-order chi connectivity index (χ0) is 25.1. The Hall–Kier alpha value is -1.54. The van der Waals surface area contributed by atoms with E-state index in [2.05, 4.69) is 5.32 Å². The third-order valence-corrected chi connectivity index (χ3v) is 5.46. The van der Waals surface area contributed by atoms with Crippen LogP contribution in [0.1, 0.15) is 6.42 Å². The van der Waals surface area contributed by atoms with Crippen LogP contribution in [0.4, 0.5) is 0 Å². The van der Waals surface area contributed by atoms with Gasteiger partial charge in [0.2, 0.25) is 5.91 Å². The first-order chi connectivity index (χ1) is 15.4. The zero-order valence-electron chi connectivity index (χ0n) is 17.1. The fourth-order valence-corrected chi connectivity index (χ4v) is 3.56. The van der Waals surface area contributed by atoms with E-state index in [-0.39, 0.29) is 0 Å². The fourth-order valence-electron chi connectivity index (χ4n) is 3.56. The Morgan fingerprint density at radius 1 is 1.06 bits per heavy atom. The van der Waals surface area contributed by atoms with Gasteiger partial charge in [0.15, 0.2) is 6.29 Å². The van der Waals surface area contributed by atoms with Gasteiger partial charge in [-0.3, -0.25) is 4.79 Å². The minimum absolute atomic E-state index is 0.861. The second-order valence-corrected chi connectivity index (χ2v) is 7.75. The normalized spacial score (nSPS) is 41.2. The van der Waals surface area contributed by atoms with Crippen LogP contribution in [-0.2, 0) is 23.8 Å². The first-order valence-corrected chi connectivity index (χ1v) is 9.86. The van der Waals surface area contributed by atoms with Crippen molar-refractivity contribution in [3.8, 4) is 0 Å². The van der Waals surface area contributed by atoms with Crippen molar-refractivity contribution in [1.29, 1.82) is 0 Å². The van der Waals surface area contributed by atoms with Gasteiger partial charge in [-0.1, -0.05) is 0 Å². The van der Waals surface area contributed by atoms with Gasteiger partial charge in [0.1, 0.15) is 49.3 Å². The Morgan fingerprint density at radius 3 is 2.24 bits per heavy atom. The smallest absolute Gasteiger partial charge is 0.364 e. The zero-order valence-corrected chi connectivity index (χ0v) is 17.1. The van der Waals surface area contributed by atoms with Crippen molar-refractivity contribution < 1.29 is 74.9 Å². The molecule has 2 saturated heterocycles. The lowest BCUT2D eigenvalue weighted by Crippen LogP contribution is -2.68. The maximum absolute atomic E-state index is 12.0. The van der Waals surface area contributed by atoms with Gasteiger partial charge in [-0.2, -0.15) is 0 Å². The Labute approximate surface area is 186 Å². The number of hydrogen-bond acceptors (Lipinski definition) is 14. The standard InChI is InChI=1S/C17H29NO15/c19-2-6(22)10(24)14-9(18-8(23)3-20)5(21)1-17(33-14,16(29)30)31-4-7-11(25)12(26)13(27)15(28)32-7/h5-7,9-15,19-22,24-28H,1-4H2,(H,18,23)(H,29,30)/t5-,6+,7+,9+,10+,11+,12-,13+,14+,15+,17+/m0/s1. The number of aliphatic carboxylic acids is 1. The second-order valence-electron chi connectivity index (χ2n) is 7.75. The predicted octanol–water partition coefficient (Wildman–Crippen LogP) is -7.08. The molecular formula is C17H29NO15. The number of carboxylic acids is 1. The molecule has 2 fully saturated rings. The molecule has 0 aromatic heterocycles. The number of rotatable bonds is 9. The van der Waals surface area contributed by atoms with E-state index in [1.54, 1.807) is 0 Å². The lowest BCUT2D eigenvalue weighted by atomic mass is 9.88. The minimum atomic E-state index is -2.75. The quantitative estimate of drug-likeness (QED) is 0.144. The molecule has 0 radical (unpaired) electrons. The highest BCUT2D eigenvalue weighted by Crippen LogP contribution is 2.34. The molecule has 0 bridgehead atoms. The first kappa shape index (κ1) is 27.7. The van der Waals surface area contributed by atoms with Crippen molar-refractivity contribution in [2.24, 2.45) is 0 Å². The number of carbonyl (C=O) groups is 2. The number of amides is 1. The average molecular weight is 487 g/mol. The van der Waals surface area contributed by atoms with E-state index in [4.69, 9.17) is 24.4 Å². The SMILES string of the molecule is O=C(CO)N[C@H]1[C@H]([C@H](O)[C@H](O)CO)O[C@@](OC[C@H]2O[C@@H](O)[C@H](O)[C@@H](O)[C@@H]2O)(C(=O)O)C[C@@H]1O. The third kappa shape index (κ3) is 5.94. The molecule has 192 valence electrons. The second kappa shape index (κ2) is 11.3. The summed E-state index contributed by atoms with van der Waals surface area (Å²) in [6, 6.07) is -1.55. The Bertz CT molecular complexity index is 681. The topological polar surface area (TPSA) is 276 Å². The molecule has 0 saturated carbocycles. The van der Waals surface area contributed by atoms with Gasteiger partial charge in [0, 0.05) is 6.42 Å². The first-order valence-electron chi connectivity index (χ1n) is 9.86. The molecule has 2 rings (SSSR count). The molecule has 0 unspecified atom stereocenters. The molecule has 16 nitrogen and oxygen atoms in total. The maximum Gasteiger partial charge on any atom is 0.364 e. The van der Waals surface area contributed by atoms with Gasteiger partial charge in [-0.15, -0.1) is 0 Å². The summed E-state index contributed by atoms with van der Waals surface area (Å²) < 4.78 is 15.5. The monoisotopic (exact) mass is 487 g/mol. The number of nitrogens with one attached hydrogen (secondary N) is 1. The van der Waals surface area contributed by atoms with Crippen LogP contribution >= 0.6 is 0 Å². The maximum atomic E-state index is 12.0. The molecule has 11 atom stereocenters. The highest BCUT2D eigenvalue weighted by Gasteiger charge is 2.56. The van der Waals surface area contributed by atoms with Crippen LogP contribution in [0.25, 0.3) is 0 Å². The molecule has 0 aliphatic carbocycles. The van der Waals surface area contributed by atoms with E-state index < -0.39 is 105 Å². The lowest BCUT2D eigenvalue weighted by molar-refractivity contribution is -0.334. The van der Waals surface area contributed by atoms with E-state index in [1.807, 2.05) is 0 Å². The number of aliphatic hydroxyl groups excluding tert-OH is 9.